The lowest BCUT2D eigenvalue weighted by molar-refractivity contribution is 0.0589. The van der Waals surface area contributed by atoms with Gasteiger partial charge in [0.15, 0.2) is 5.69 Å². The molecule has 3 rings (SSSR count). The number of ether oxygens (including phenoxy) is 1. The average molecular weight is 283 g/mol. The molecule has 2 aromatic rings. The molecule has 0 amide bonds. The van der Waals surface area contributed by atoms with Gasteiger partial charge in [0.2, 0.25) is 0 Å². The second-order valence-corrected chi connectivity index (χ2v) is 5.82. The Balaban J connectivity index is 2.06. The highest BCUT2D eigenvalue weighted by molar-refractivity contribution is 5.49. The SMILES string of the molecule is COc1cccc([N+]2(C)C(c3ccccc3)CCN2C)c1. The summed E-state index contributed by atoms with van der Waals surface area (Å²) in [7, 11) is 6.21. The highest BCUT2D eigenvalue weighted by Gasteiger charge is 2.46. The molecule has 2 aromatic carbocycles. The number of hydrogen-bond acceptors (Lipinski definition) is 2. The van der Waals surface area contributed by atoms with Gasteiger partial charge in [-0.3, -0.25) is 0 Å². The van der Waals surface area contributed by atoms with Crippen molar-refractivity contribution in [3.63, 3.8) is 0 Å². The van der Waals surface area contributed by atoms with Gasteiger partial charge in [0.05, 0.1) is 20.7 Å². The first-order valence-corrected chi connectivity index (χ1v) is 7.43. The Kier molecular flexibility index (Phi) is 3.70. The van der Waals surface area contributed by atoms with E-state index < -0.39 is 0 Å². The number of methoxy groups -OCH3 is 1. The van der Waals surface area contributed by atoms with Gasteiger partial charge in [0.1, 0.15) is 11.8 Å². The van der Waals surface area contributed by atoms with Gasteiger partial charge >= 0.3 is 0 Å². The summed E-state index contributed by atoms with van der Waals surface area (Å²) < 4.78 is 6.20. The zero-order chi connectivity index (χ0) is 14.9. The summed E-state index contributed by atoms with van der Waals surface area (Å²) in [6.07, 6.45) is 1.16. The Morgan fingerprint density at radius 3 is 2.57 bits per heavy atom. The van der Waals surface area contributed by atoms with Gasteiger partial charge < -0.3 is 4.74 Å². The highest BCUT2D eigenvalue weighted by atomic mass is 16.5. The Labute approximate surface area is 126 Å². The quantitative estimate of drug-likeness (QED) is 0.798. The van der Waals surface area contributed by atoms with E-state index in [0.29, 0.717) is 6.04 Å². The zero-order valence-corrected chi connectivity index (χ0v) is 13.0. The second kappa shape index (κ2) is 5.51. The summed E-state index contributed by atoms with van der Waals surface area (Å²) >= 11 is 0. The van der Waals surface area contributed by atoms with E-state index in [-0.39, 0.29) is 0 Å². The van der Waals surface area contributed by atoms with E-state index in [4.69, 9.17) is 4.74 Å². The number of benzene rings is 2. The fourth-order valence-electron chi connectivity index (χ4n) is 3.41. The van der Waals surface area contributed by atoms with Crippen LogP contribution in [-0.4, -0.2) is 32.8 Å². The molecule has 1 aliphatic rings. The Morgan fingerprint density at radius 1 is 1.10 bits per heavy atom. The molecule has 2 atom stereocenters. The molecule has 1 saturated heterocycles. The third kappa shape index (κ3) is 2.33. The normalized spacial score (nSPS) is 26.0. The van der Waals surface area contributed by atoms with Gasteiger partial charge in [-0.25, -0.2) is 4.59 Å². The molecule has 0 radical (unpaired) electrons. The van der Waals surface area contributed by atoms with E-state index in [0.717, 1.165) is 23.3 Å². The minimum Gasteiger partial charge on any atom is -0.497 e. The smallest absolute Gasteiger partial charge is 0.156 e. The highest BCUT2D eigenvalue weighted by Crippen LogP contribution is 2.42. The Morgan fingerprint density at radius 2 is 1.86 bits per heavy atom. The lowest BCUT2D eigenvalue weighted by Gasteiger charge is -2.39. The molecule has 0 spiro atoms. The molecular formula is C18H23N2O+. The number of rotatable bonds is 3. The topological polar surface area (TPSA) is 12.5 Å². The summed E-state index contributed by atoms with van der Waals surface area (Å²) in [5.41, 5.74) is 2.66. The number of quaternary nitrogens is 1. The summed E-state index contributed by atoms with van der Waals surface area (Å²) in [5, 5.41) is 2.41. The number of nitrogens with zero attached hydrogens (tertiary/aromatic N) is 2. The van der Waals surface area contributed by atoms with E-state index in [1.807, 2.05) is 6.07 Å². The molecule has 0 bridgehead atoms. The van der Waals surface area contributed by atoms with Crippen LogP contribution in [0.1, 0.15) is 18.0 Å². The maximum absolute atomic E-state index is 5.41. The summed E-state index contributed by atoms with van der Waals surface area (Å²) in [5.74, 6) is 0.916. The fourth-order valence-corrected chi connectivity index (χ4v) is 3.41. The Hall–Kier alpha value is -1.84. The predicted molar refractivity (Wildman–Crippen MR) is 87.1 cm³/mol. The molecule has 3 heteroatoms. The monoisotopic (exact) mass is 283 g/mol. The molecule has 0 aliphatic carbocycles. The van der Waals surface area contributed by atoms with Gasteiger partial charge in [0.25, 0.3) is 0 Å². The summed E-state index contributed by atoms with van der Waals surface area (Å²) in [6, 6.07) is 19.7. The van der Waals surface area contributed by atoms with Crippen LogP contribution >= 0.6 is 0 Å². The standard InChI is InChI=1S/C18H23N2O/c1-19-13-12-18(15-8-5-4-6-9-15)20(19,2)16-10-7-11-17(14-16)21-3/h4-11,14,18H,12-13H2,1-3H3/q+1. The molecule has 3 nitrogen and oxygen atoms in total. The second-order valence-electron chi connectivity index (χ2n) is 5.82. The maximum atomic E-state index is 5.41. The molecule has 0 saturated carbocycles. The molecule has 2 unspecified atom stereocenters. The lowest BCUT2D eigenvalue weighted by atomic mass is 10.0. The largest absolute Gasteiger partial charge is 0.497 e. The van der Waals surface area contributed by atoms with Crippen molar-refractivity contribution >= 4 is 5.69 Å². The minimum atomic E-state index is 0.448. The molecule has 110 valence electrons. The molecule has 0 aromatic heterocycles. The van der Waals surface area contributed by atoms with Crippen LogP contribution in [0.4, 0.5) is 5.69 Å². The third-order valence-corrected chi connectivity index (χ3v) is 4.80. The van der Waals surface area contributed by atoms with Gasteiger partial charge in [-0.2, -0.15) is 5.01 Å². The molecular weight excluding hydrogens is 260 g/mol. The van der Waals surface area contributed by atoms with Crippen molar-refractivity contribution in [1.29, 1.82) is 0 Å². The first-order valence-electron chi connectivity index (χ1n) is 7.43. The first-order chi connectivity index (χ1) is 10.2. The van der Waals surface area contributed by atoms with Crippen LogP contribution in [0.5, 0.6) is 5.75 Å². The van der Waals surface area contributed by atoms with Crippen LogP contribution in [0.15, 0.2) is 54.6 Å². The van der Waals surface area contributed by atoms with Crippen molar-refractivity contribution in [1.82, 2.24) is 9.60 Å². The average Bonchev–Trinajstić information content (AvgIpc) is 2.85. The van der Waals surface area contributed by atoms with E-state index >= 15 is 0 Å². The van der Waals surface area contributed by atoms with Crippen LogP contribution in [0.2, 0.25) is 0 Å². The summed E-state index contributed by atoms with van der Waals surface area (Å²) in [4.78, 5) is 0. The van der Waals surface area contributed by atoms with Crippen LogP contribution in [-0.2, 0) is 0 Å². The van der Waals surface area contributed by atoms with E-state index in [1.165, 1.54) is 11.3 Å². The van der Waals surface area contributed by atoms with Gasteiger partial charge in [-0.1, -0.05) is 36.4 Å². The fraction of sp³-hybridized carbons (Fsp3) is 0.333. The van der Waals surface area contributed by atoms with Crippen LogP contribution in [0.25, 0.3) is 0 Å². The maximum Gasteiger partial charge on any atom is 0.156 e. The van der Waals surface area contributed by atoms with Crippen molar-refractivity contribution in [3.8, 4) is 5.75 Å². The van der Waals surface area contributed by atoms with Crippen molar-refractivity contribution in [2.45, 2.75) is 12.5 Å². The molecule has 0 N–H and O–H groups in total. The zero-order valence-electron chi connectivity index (χ0n) is 13.0. The van der Waals surface area contributed by atoms with Crippen LogP contribution in [0, 0.1) is 0 Å². The van der Waals surface area contributed by atoms with E-state index in [2.05, 4.69) is 67.6 Å². The molecule has 1 fully saturated rings. The molecule has 1 heterocycles. The van der Waals surface area contributed by atoms with Crippen LogP contribution < -0.4 is 9.33 Å². The van der Waals surface area contributed by atoms with Crippen molar-refractivity contribution in [3.05, 3.63) is 60.2 Å². The van der Waals surface area contributed by atoms with Crippen molar-refractivity contribution < 1.29 is 4.74 Å². The predicted octanol–water partition coefficient (Wildman–Crippen LogP) is 3.62. The number of hydrogen-bond donors (Lipinski definition) is 0. The van der Waals surface area contributed by atoms with Gasteiger partial charge in [-0.15, -0.1) is 0 Å². The molecule has 21 heavy (non-hydrogen) atoms. The Bertz CT molecular complexity index is 614. The van der Waals surface area contributed by atoms with Gasteiger partial charge in [-0.05, 0) is 6.07 Å². The van der Waals surface area contributed by atoms with E-state index in [1.54, 1.807) is 7.11 Å². The lowest BCUT2D eigenvalue weighted by Crippen LogP contribution is -2.53. The first kappa shape index (κ1) is 14.1. The van der Waals surface area contributed by atoms with Gasteiger partial charge in [0, 0.05) is 31.2 Å². The van der Waals surface area contributed by atoms with Crippen molar-refractivity contribution in [2.75, 3.05) is 27.7 Å². The molecule has 1 aliphatic heterocycles. The third-order valence-electron chi connectivity index (χ3n) is 4.80. The van der Waals surface area contributed by atoms with Crippen LogP contribution in [0.3, 0.4) is 0 Å². The van der Waals surface area contributed by atoms with Crippen molar-refractivity contribution in [2.24, 2.45) is 0 Å². The summed E-state index contributed by atoms with van der Waals surface area (Å²) in [6.45, 7) is 1.09. The van der Waals surface area contributed by atoms with E-state index in [9.17, 15) is 0 Å². The minimum absolute atomic E-state index is 0.448.